The van der Waals surface area contributed by atoms with Gasteiger partial charge in [-0.15, -0.1) is 0 Å². The number of thiazole rings is 1. The molecule has 1 heterocycles. The maximum Gasteiger partial charge on any atom is 0.264 e. The van der Waals surface area contributed by atoms with Gasteiger partial charge in [-0.25, -0.2) is 4.98 Å². The molecule has 0 N–H and O–H groups in total. The average Bonchev–Trinajstić information content (AvgIpc) is 3.27. The van der Waals surface area contributed by atoms with Crippen molar-refractivity contribution in [1.29, 1.82) is 0 Å². The number of para-hydroxylation sites is 2. The molecule has 4 nitrogen and oxygen atoms in total. The van der Waals surface area contributed by atoms with Gasteiger partial charge in [-0.1, -0.05) is 78.1 Å². The first-order valence-corrected chi connectivity index (χ1v) is 11.5. The largest absolute Gasteiger partial charge is 0.457 e. The van der Waals surface area contributed by atoms with Gasteiger partial charge in [0.1, 0.15) is 11.5 Å². The van der Waals surface area contributed by atoms with E-state index in [1.54, 1.807) is 11.0 Å². The molecule has 0 unspecified atom stereocenters. The van der Waals surface area contributed by atoms with Crippen molar-refractivity contribution >= 4 is 32.6 Å². The zero-order chi connectivity index (χ0) is 22.6. The van der Waals surface area contributed by atoms with E-state index in [0.29, 0.717) is 28.7 Å². The van der Waals surface area contributed by atoms with Gasteiger partial charge in [-0.05, 0) is 54.4 Å². The summed E-state index contributed by atoms with van der Waals surface area (Å²) < 4.78 is 7.14. The molecule has 0 fully saturated rings. The molecular formula is C28H22N2O2S. The highest BCUT2D eigenvalue weighted by atomic mass is 32.1. The second kappa shape index (κ2) is 9.27. The zero-order valence-electron chi connectivity index (χ0n) is 18.1. The lowest BCUT2D eigenvalue weighted by Crippen LogP contribution is -2.30. The van der Waals surface area contributed by atoms with Crippen LogP contribution < -0.4 is 9.64 Å². The summed E-state index contributed by atoms with van der Waals surface area (Å²) in [5.74, 6) is 1.05. The summed E-state index contributed by atoms with van der Waals surface area (Å²) >= 11 is 1.52. The third kappa shape index (κ3) is 4.64. The Hall–Kier alpha value is -3.96. The van der Waals surface area contributed by atoms with Crippen LogP contribution in [0.3, 0.4) is 0 Å². The quantitative estimate of drug-likeness (QED) is 0.274. The number of carbonyl (C=O) groups is 1. The van der Waals surface area contributed by atoms with Crippen LogP contribution in [0.2, 0.25) is 0 Å². The molecule has 0 aliphatic heterocycles. The molecule has 0 aliphatic carbocycles. The number of hydrogen-bond donors (Lipinski definition) is 0. The Balaban J connectivity index is 1.56. The van der Waals surface area contributed by atoms with Crippen LogP contribution in [0.15, 0.2) is 103 Å². The molecule has 5 heteroatoms. The van der Waals surface area contributed by atoms with E-state index in [1.165, 1.54) is 16.9 Å². The summed E-state index contributed by atoms with van der Waals surface area (Å²) in [7, 11) is 0. The molecule has 0 spiro atoms. The van der Waals surface area contributed by atoms with Crippen molar-refractivity contribution in [3.8, 4) is 11.5 Å². The van der Waals surface area contributed by atoms with Crippen molar-refractivity contribution in [3.63, 3.8) is 0 Å². The van der Waals surface area contributed by atoms with E-state index in [1.807, 2.05) is 91.0 Å². The van der Waals surface area contributed by atoms with Gasteiger partial charge in [0.05, 0.1) is 22.3 Å². The summed E-state index contributed by atoms with van der Waals surface area (Å²) in [6, 6.07) is 33.0. The fourth-order valence-electron chi connectivity index (χ4n) is 3.62. The van der Waals surface area contributed by atoms with E-state index in [9.17, 15) is 4.79 Å². The van der Waals surface area contributed by atoms with Gasteiger partial charge >= 0.3 is 0 Å². The van der Waals surface area contributed by atoms with Crippen molar-refractivity contribution in [1.82, 2.24) is 4.98 Å². The number of ether oxygens (including phenoxy) is 1. The minimum absolute atomic E-state index is 0.152. The number of nitrogens with zero attached hydrogens (tertiary/aromatic N) is 2. The van der Waals surface area contributed by atoms with Gasteiger partial charge in [0, 0.05) is 0 Å². The molecule has 5 aromatic rings. The number of carbonyl (C=O) groups excluding carboxylic acids is 1. The first-order chi connectivity index (χ1) is 16.2. The Morgan fingerprint density at radius 1 is 0.879 bits per heavy atom. The van der Waals surface area contributed by atoms with Crippen molar-refractivity contribution in [3.05, 3.63) is 120 Å². The molecule has 33 heavy (non-hydrogen) atoms. The van der Waals surface area contributed by atoms with E-state index < -0.39 is 0 Å². The molecule has 0 saturated heterocycles. The number of anilines is 1. The Bertz CT molecular complexity index is 1400. The number of aromatic nitrogens is 1. The SMILES string of the molecule is Cc1ccc2nc(N(Cc3ccccc3)C(=O)c3ccccc3Oc3ccccc3)sc2c1. The van der Waals surface area contributed by atoms with Gasteiger partial charge in [0.25, 0.3) is 5.91 Å². The predicted molar refractivity (Wildman–Crippen MR) is 134 cm³/mol. The minimum Gasteiger partial charge on any atom is -0.457 e. The second-order valence-corrected chi connectivity index (χ2v) is 8.76. The summed E-state index contributed by atoms with van der Waals surface area (Å²) in [5.41, 5.74) is 3.58. The Labute approximate surface area is 196 Å². The van der Waals surface area contributed by atoms with Crippen molar-refractivity contribution < 1.29 is 9.53 Å². The summed E-state index contributed by atoms with van der Waals surface area (Å²) in [5, 5.41) is 0.666. The number of fused-ring (bicyclic) bond motifs is 1. The first-order valence-electron chi connectivity index (χ1n) is 10.7. The second-order valence-electron chi connectivity index (χ2n) is 7.76. The minimum atomic E-state index is -0.152. The highest BCUT2D eigenvalue weighted by Crippen LogP contribution is 2.33. The van der Waals surface area contributed by atoms with Crippen molar-refractivity contribution in [2.45, 2.75) is 13.5 Å². The van der Waals surface area contributed by atoms with Crippen LogP contribution in [-0.4, -0.2) is 10.9 Å². The molecule has 4 aromatic carbocycles. The van der Waals surface area contributed by atoms with Crippen LogP contribution in [0.4, 0.5) is 5.13 Å². The Morgan fingerprint density at radius 2 is 1.58 bits per heavy atom. The molecule has 0 atom stereocenters. The summed E-state index contributed by atoms with van der Waals surface area (Å²) in [6.45, 7) is 2.47. The van der Waals surface area contributed by atoms with E-state index in [0.717, 1.165) is 15.8 Å². The number of aryl methyl sites for hydroxylation is 1. The predicted octanol–water partition coefficient (Wildman–Crippen LogP) is 7.24. The smallest absolute Gasteiger partial charge is 0.264 e. The molecule has 5 rings (SSSR count). The number of amides is 1. The van der Waals surface area contributed by atoms with Crippen LogP contribution in [0.25, 0.3) is 10.2 Å². The molecule has 162 valence electrons. The van der Waals surface area contributed by atoms with Gasteiger partial charge in [-0.3, -0.25) is 9.69 Å². The number of benzene rings is 4. The fraction of sp³-hybridized carbons (Fsp3) is 0.0714. The standard InChI is InChI=1S/C28H22N2O2S/c1-20-16-17-24-26(18-20)33-28(29-24)30(19-21-10-4-2-5-11-21)27(31)23-14-8-9-15-25(23)32-22-12-6-3-7-13-22/h2-18H,19H2,1H3. The molecule has 0 bridgehead atoms. The van der Waals surface area contributed by atoms with E-state index in [2.05, 4.69) is 13.0 Å². The molecule has 0 aliphatic rings. The first kappa shape index (κ1) is 20.9. The Kier molecular flexibility index (Phi) is 5.87. The number of hydrogen-bond acceptors (Lipinski definition) is 4. The normalized spacial score (nSPS) is 10.8. The lowest BCUT2D eigenvalue weighted by molar-refractivity contribution is 0.0983. The Morgan fingerprint density at radius 3 is 2.36 bits per heavy atom. The van der Waals surface area contributed by atoms with Crippen LogP contribution in [-0.2, 0) is 6.54 Å². The molecule has 0 radical (unpaired) electrons. The van der Waals surface area contributed by atoms with Gasteiger partial charge < -0.3 is 4.74 Å². The molecule has 1 amide bonds. The lowest BCUT2D eigenvalue weighted by atomic mass is 10.1. The summed E-state index contributed by atoms with van der Waals surface area (Å²) in [4.78, 5) is 20.4. The topological polar surface area (TPSA) is 42.4 Å². The molecule has 0 saturated carbocycles. The van der Waals surface area contributed by atoms with Gasteiger partial charge in [0.15, 0.2) is 5.13 Å². The van der Waals surface area contributed by atoms with E-state index in [-0.39, 0.29) is 5.91 Å². The van der Waals surface area contributed by atoms with E-state index >= 15 is 0 Å². The van der Waals surface area contributed by atoms with Crippen LogP contribution in [0.5, 0.6) is 11.5 Å². The van der Waals surface area contributed by atoms with Gasteiger partial charge in [0.2, 0.25) is 0 Å². The van der Waals surface area contributed by atoms with Crippen LogP contribution >= 0.6 is 11.3 Å². The molecule has 1 aromatic heterocycles. The van der Waals surface area contributed by atoms with Crippen LogP contribution in [0, 0.1) is 6.92 Å². The summed E-state index contributed by atoms with van der Waals surface area (Å²) in [6.07, 6.45) is 0. The van der Waals surface area contributed by atoms with Gasteiger partial charge in [-0.2, -0.15) is 0 Å². The third-order valence-corrected chi connectivity index (χ3v) is 6.32. The fourth-order valence-corrected chi connectivity index (χ4v) is 4.68. The van der Waals surface area contributed by atoms with E-state index in [4.69, 9.17) is 9.72 Å². The van der Waals surface area contributed by atoms with Crippen molar-refractivity contribution in [2.24, 2.45) is 0 Å². The monoisotopic (exact) mass is 450 g/mol. The number of rotatable bonds is 6. The molecular weight excluding hydrogens is 428 g/mol. The van der Waals surface area contributed by atoms with Crippen molar-refractivity contribution in [2.75, 3.05) is 4.90 Å². The highest BCUT2D eigenvalue weighted by molar-refractivity contribution is 7.22. The third-order valence-electron chi connectivity index (χ3n) is 5.28. The maximum absolute atomic E-state index is 13.9. The lowest BCUT2D eigenvalue weighted by Gasteiger charge is -2.21. The van der Waals surface area contributed by atoms with Crippen LogP contribution in [0.1, 0.15) is 21.5 Å². The average molecular weight is 451 g/mol. The zero-order valence-corrected chi connectivity index (χ0v) is 19.0. The maximum atomic E-state index is 13.9. The highest BCUT2D eigenvalue weighted by Gasteiger charge is 2.24.